The van der Waals surface area contributed by atoms with Crippen molar-refractivity contribution < 1.29 is 19.0 Å². The van der Waals surface area contributed by atoms with Crippen LogP contribution in [0.15, 0.2) is 67.1 Å². The largest absolute Gasteiger partial charge is 0.493 e. The van der Waals surface area contributed by atoms with Crippen molar-refractivity contribution in [3.05, 3.63) is 77.7 Å². The summed E-state index contributed by atoms with van der Waals surface area (Å²) in [4.78, 5) is 20.5. The summed E-state index contributed by atoms with van der Waals surface area (Å²) in [5, 5.41) is 6.58. The molecule has 2 N–H and O–H groups in total. The van der Waals surface area contributed by atoms with Crippen LogP contribution in [0.1, 0.15) is 18.9 Å². The molecule has 0 bridgehead atoms. The van der Waals surface area contributed by atoms with Crippen molar-refractivity contribution in [3.8, 4) is 23.0 Å². The smallest absolute Gasteiger partial charge is 0.319 e. The molecule has 0 atom stereocenters. The number of carbonyl (C=O) groups is 1. The number of nitrogens with one attached hydrogen (secondary N) is 2. The van der Waals surface area contributed by atoms with E-state index in [2.05, 4.69) is 20.6 Å². The Bertz CT molecular complexity index is 1320. The second-order valence-corrected chi connectivity index (χ2v) is 8.01. The summed E-state index contributed by atoms with van der Waals surface area (Å²) >= 11 is 6.37. The molecular formula is C26H25ClN4O4. The van der Waals surface area contributed by atoms with Crippen molar-refractivity contribution in [1.29, 1.82) is 0 Å². The van der Waals surface area contributed by atoms with Gasteiger partial charge in [0.25, 0.3) is 0 Å². The van der Waals surface area contributed by atoms with E-state index in [-0.39, 0.29) is 6.03 Å². The first-order chi connectivity index (χ1) is 17.1. The molecule has 4 rings (SSSR count). The zero-order chi connectivity index (χ0) is 24.6. The molecule has 0 aliphatic carbocycles. The summed E-state index contributed by atoms with van der Waals surface area (Å²) in [6.45, 7) is 2.91. The number of aromatic nitrogens is 2. The van der Waals surface area contributed by atoms with Crippen LogP contribution in [0.4, 0.5) is 10.5 Å². The zero-order valence-corrected chi connectivity index (χ0v) is 20.1. The Balaban J connectivity index is 1.54. The van der Waals surface area contributed by atoms with Crippen LogP contribution in [0.3, 0.4) is 0 Å². The molecule has 0 unspecified atom stereocenters. The van der Waals surface area contributed by atoms with E-state index in [1.54, 1.807) is 50.0 Å². The van der Waals surface area contributed by atoms with Crippen molar-refractivity contribution >= 4 is 34.2 Å². The highest BCUT2D eigenvalue weighted by atomic mass is 35.5. The second-order valence-electron chi connectivity index (χ2n) is 7.60. The van der Waals surface area contributed by atoms with E-state index in [9.17, 15) is 4.79 Å². The number of carbonyl (C=O) groups excluding carboxylic acids is 1. The number of anilines is 1. The topological polar surface area (TPSA) is 94.6 Å². The summed E-state index contributed by atoms with van der Waals surface area (Å²) in [7, 11) is 1.58. The van der Waals surface area contributed by atoms with Crippen LogP contribution in [0.5, 0.6) is 23.0 Å². The number of amides is 2. The third kappa shape index (κ3) is 6.10. The zero-order valence-electron chi connectivity index (χ0n) is 19.4. The highest BCUT2D eigenvalue weighted by Crippen LogP contribution is 2.38. The van der Waals surface area contributed by atoms with Gasteiger partial charge < -0.3 is 24.8 Å². The van der Waals surface area contributed by atoms with Gasteiger partial charge in [0.15, 0.2) is 11.5 Å². The van der Waals surface area contributed by atoms with Gasteiger partial charge in [-0.2, -0.15) is 0 Å². The number of ether oxygens (including phenoxy) is 3. The van der Waals surface area contributed by atoms with Gasteiger partial charge in [0.1, 0.15) is 18.1 Å². The number of nitrogens with zero attached hydrogens (tertiary/aromatic N) is 2. The molecular weight excluding hydrogens is 468 g/mol. The third-order valence-electron chi connectivity index (χ3n) is 5.06. The highest BCUT2D eigenvalue weighted by molar-refractivity contribution is 6.33. The lowest BCUT2D eigenvalue weighted by Gasteiger charge is -2.14. The predicted molar refractivity (Wildman–Crippen MR) is 136 cm³/mol. The molecule has 0 radical (unpaired) electrons. The van der Waals surface area contributed by atoms with Crippen molar-refractivity contribution in [1.82, 2.24) is 15.3 Å². The molecule has 2 aromatic heterocycles. The minimum atomic E-state index is -0.309. The van der Waals surface area contributed by atoms with Crippen LogP contribution in [-0.2, 0) is 6.61 Å². The number of urea groups is 1. The van der Waals surface area contributed by atoms with Gasteiger partial charge in [-0.15, -0.1) is 0 Å². The van der Waals surface area contributed by atoms with E-state index in [0.29, 0.717) is 52.4 Å². The summed E-state index contributed by atoms with van der Waals surface area (Å²) in [5.74, 6) is 2.20. The van der Waals surface area contributed by atoms with Gasteiger partial charge >= 0.3 is 6.03 Å². The Kier molecular flexibility index (Phi) is 7.84. The quantitative estimate of drug-likeness (QED) is 0.289. The molecule has 2 heterocycles. The van der Waals surface area contributed by atoms with Crippen molar-refractivity contribution in [2.24, 2.45) is 0 Å². The van der Waals surface area contributed by atoms with E-state index < -0.39 is 0 Å². The standard InChI is InChI=1S/C26H25ClN4O4/c1-3-9-30-26(32)31-21-7-6-18(12-20(21)27)35-23-8-11-29-22-14-25(24(33-2)13-19(22)23)34-16-17-5-4-10-28-15-17/h4-8,10-15H,3,9,16H2,1-2H3,(H2,30,31,32). The Hall–Kier alpha value is -4.04. The minimum Gasteiger partial charge on any atom is -0.493 e. The molecule has 0 aliphatic heterocycles. The normalized spacial score (nSPS) is 10.6. The maximum atomic E-state index is 11.9. The van der Waals surface area contributed by atoms with Crippen LogP contribution in [0.25, 0.3) is 10.9 Å². The maximum absolute atomic E-state index is 11.9. The Morgan fingerprint density at radius 3 is 2.69 bits per heavy atom. The van der Waals surface area contributed by atoms with Crippen LogP contribution in [0, 0.1) is 0 Å². The summed E-state index contributed by atoms with van der Waals surface area (Å²) < 4.78 is 17.6. The average molecular weight is 493 g/mol. The highest BCUT2D eigenvalue weighted by Gasteiger charge is 2.13. The van der Waals surface area contributed by atoms with Crippen LogP contribution < -0.4 is 24.8 Å². The van der Waals surface area contributed by atoms with Crippen LogP contribution >= 0.6 is 11.6 Å². The number of fused-ring (bicyclic) bond motifs is 1. The van der Waals surface area contributed by atoms with Crippen molar-refractivity contribution in [3.63, 3.8) is 0 Å². The molecule has 0 spiro atoms. The first-order valence-corrected chi connectivity index (χ1v) is 11.5. The SMILES string of the molecule is CCCNC(=O)Nc1ccc(Oc2ccnc3cc(OCc4cccnc4)c(OC)cc23)cc1Cl. The number of hydrogen-bond donors (Lipinski definition) is 2. The predicted octanol–water partition coefficient (Wildman–Crippen LogP) is 6.19. The van der Waals surface area contributed by atoms with E-state index in [1.165, 1.54) is 0 Å². The number of methoxy groups -OCH3 is 1. The molecule has 2 aromatic carbocycles. The first kappa shape index (κ1) is 24.1. The molecule has 180 valence electrons. The molecule has 0 fully saturated rings. The molecule has 0 saturated carbocycles. The number of benzene rings is 2. The lowest BCUT2D eigenvalue weighted by molar-refractivity contribution is 0.252. The summed E-state index contributed by atoms with van der Waals surface area (Å²) in [6, 6.07) is 14.0. The minimum absolute atomic E-state index is 0.309. The molecule has 4 aromatic rings. The van der Waals surface area contributed by atoms with Gasteiger partial charge in [0.2, 0.25) is 0 Å². The summed E-state index contributed by atoms with van der Waals surface area (Å²) in [5.41, 5.74) is 2.11. The van der Waals surface area contributed by atoms with Gasteiger partial charge in [-0.25, -0.2) is 4.79 Å². The van der Waals surface area contributed by atoms with Gasteiger partial charge in [0.05, 0.1) is 23.3 Å². The van der Waals surface area contributed by atoms with Crippen molar-refractivity contribution in [2.75, 3.05) is 19.0 Å². The average Bonchev–Trinajstić information content (AvgIpc) is 2.88. The van der Waals surface area contributed by atoms with Crippen LogP contribution in [0.2, 0.25) is 5.02 Å². The van der Waals surface area contributed by atoms with Crippen LogP contribution in [-0.4, -0.2) is 29.7 Å². The number of halogens is 1. The third-order valence-corrected chi connectivity index (χ3v) is 5.37. The first-order valence-electron chi connectivity index (χ1n) is 11.1. The maximum Gasteiger partial charge on any atom is 0.319 e. The van der Waals surface area contributed by atoms with Gasteiger partial charge in [-0.05, 0) is 36.8 Å². The van der Waals surface area contributed by atoms with Gasteiger partial charge in [-0.3, -0.25) is 9.97 Å². The molecule has 2 amide bonds. The van der Waals surface area contributed by atoms with E-state index in [1.807, 2.05) is 31.2 Å². The Morgan fingerprint density at radius 1 is 1.06 bits per heavy atom. The fourth-order valence-electron chi connectivity index (χ4n) is 3.33. The number of hydrogen-bond acceptors (Lipinski definition) is 6. The van der Waals surface area contributed by atoms with E-state index in [4.69, 9.17) is 25.8 Å². The van der Waals surface area contributed by atoms with Crippen molar-refractivity contribution in [2.45, 2.75) is 20.0 Å². The second kappa shape index (κ2) is 11.4. The Labute approximate surface area is 208 Å². The summed E-state index contributed by atoms with van der Waals surface area (Å²) in [6.07, 6.45) is 5.97. The fraction of sp³-hybridized carbons (Fsp3) is 0.192. The fourth-order valence-corrected chi connectivity index (χ4v) is 3.54. The molecule has 35 heavy (non-hydrogen) atoms. The van der Waals surface area contributed by atoms with Gasteiger partial charge in [-0.1, -0.05) is 24.6 Å². The molecule has 8 nitrogen and oxygen atoms in total. The molecule has 0 aliphatic rings. The monoisotopic (exact) mass is 492 g/mol. The number of rotatable bonds is 9. The molecule has 0 saturated heterocycles. The lowest BCUT2D eigenvalue weighted by Crippen LogP contribution is -2.29. The molecule has 9 heteroatoms. The van der Waals surface area contributed by atoms with Gasteiger partial charge in [0, 0.05) is 48.2 Å². The van der Waals surface area contributed by atoms with E-state index in [0.717, 1.165) is 17.4 Å². The number of pyridine rings is 2. The Morgan fingerprint density at radius 2 is 1.94 bits per heavy atom. The van der Waals surface area contributed by atoms with E-state index >= 15 is 0 Å². The lowest BCUT2D eigenvalue weighted by atomic mass is 10.1.